The van der Waals surface area contributed by atoms with Crippen LogP contribution in [0.3, 0.4) is 0 Å². The molecular formula is C46H40N6O2. The van der Waals surface area contributed by atoms with Crippen molar-refractivity contribution in [3.05, 3.63) is 186 Å². The fourth-order valence-corrected chi connectivity index (χ4v) is 6.93. The first-order valence-corrected chi connectivity index (χ1v) is 18.3. The van der Waals surface area contributed by atoms with Gasteiger partial charge in [-0.15, -0.1) is 15.0 Å². The van der Waals surface area contributed by atoms with E-state index in [4.69, 9.17) is 34.9 Å². The molecule has 0 saturated carbocycles. The van der Waals surface area contributed by atoms with Crippen molar-refractivity contribution >= 4 is 11.0 Å². The Hall–Kier alpha value is -6.67. The Bertz CT molecular complexity index is 2390. The smallest absolute Gasteiger partial charge is 0.214 e. The Kier molecular flexibility index (Phi) is 9.64. The first kappa shape index (κ1) is 34.4. The summed E-state index contributed by atoms with van der Waals surface area (Å²) in [5, 5.41) is 14.7. The molecule has 0 atom stereocenters. The molecule has 8 rings (SSSR count). The van der Waals surface area contributed by atoms with Crippen molar-refractivity contribution in [1.29, 1.82) is 0 Å². The highest BCUT2D eigenvalue weighted by atomic mass is 16.5. The number of tetrazole rings is 1. The summed E-state index contributed by atoms with van der Waals surface area (Å²) in [6, 6.07) is 53.5. The fraction of sp³-hybridized carbons (Fsp3) is 0.152. The van der Waals surface area contributed by atoms with Gasteiger partial charge >= 0.3 is 0 Å². The van der Waals surface area contributed by atoms with Crippen LogP contribution in [-0.2, 0) is 18.6 Å². The number of hydrogen-bond donors (Lipinski definition) is 0. The number of rotatable bonds is 12. The summed E-state index contributed by atoms with van der Waals surface area (Å²) in [4.78, 5) is 11.3. The zero-order valence-electron chi connectivity index (χ0n) is 30.5. The first-order chi connectivity index (χ1) is 26.5. The zero-order chi connectivity index (χ0) is 36.9. The van der Waals surface area contributed by atoms with Crippen LogP contribution in [0.4, 0.5) is 0 Å². The zero-order valence-corrected chi connectivity index (χ0v) is 30.5. The Balaban J connectivity index is 1.12. The second kappa shape index (κ2) is 15.1. The number of nitrogens with zero attached hydrogens (tertiary/aromatic N) is 6. The van der Waals surface area contributed by atoms with E-state index in [0.29, 0.717) is 29.6 Å². The van der Waals surface area contributed by atoms with Crippen molar-refractivity contribution in [2.75, 3.05) is 0 Å². The largest absolute Gasteiger partial charge is 0.486 e. The van der Waals surface area contributed by atoms with Crippen molar-refractivity contribution in [2.24, 2.45) is 0 Å². The number of benzene rings is 5. The molecule has 3 aromatic heterocycles. The van der Waals surface area contributed by atoms with Gasteiger partial charge in [0, 0.05) is 23.4 Å². The summed E-state index contributed by atoms with van der Waals surface area (Å²) in [6.07, 6.45) is 0.805. The molecular weight excluding hydrogens is 669 g/mol. The third-order valence-electron chi connectivity index (χ3n) is 9.48. The second-order valence-electron chi connectivity index (χ2n) is 13.4. The molecule has 8 aromatic rings. The minimum atomic E-state index is -0.859. The average Bonchev–Trinajstić information content (AvgIpc) is 3.72. The highest BCUT2D eigenvalue weighted by molar-refractivity contribution is 5.82. The van der Waals surface area contributed by atoms with Gasteiger partial charge in [0.1, 0.15) is 17.9 Å². The molecule has 0 aliphatic carbocycles. The standard InChI is InChI=1S/C46H40N6O2/c1-4-38-30-42(44-41(47-38)28-29-43(48-44)54-32(2)3)53-31-33-24-26-34(27-25-33)39-22-14-15-23-40(39)45-49-51-52(50-45)46(35-16-8-5-9-17-35,36-18-10-6-11-19-36)37-20-12-7-13-21-37/h5-30,32H,4,31H2,1-3H3. The summed E-state index contributed by atoms with van der Waals surface area (Å²) in [7, 11) is 0. The normalized spacial score (nSPS) is 11.6. The molecule has 0 aliphatic heterocycles. The number of aromatic nitrogens is 6. The van der Waals surface area contributed by atoms with Gasteiger partial charge in [0.2, 0.25) is 11.7 Å². The minimum Gasteiger partial charge on any atom is -0.486 e. The summed E-state index contributed by atoms with van der Waals surface area (Å²) in [5.41, 5.74) is 8.60. The highest BCUT2D eigenvalue weighted by Gasteiger charge is 2.41. The molecule has 5 aromatic carbocycles. The van der Waals surface area contributed by atoms with Gasteiger partial charge in [0.05, 0.1) is 11.6 Å². The van der Waals surface area contributed by atoms with E-state index in [1.54, 1.807) is 4.80 Å². The van der Waals surface area contributed by atoms with Gasteiger partial charge in [0.15, 0.2) is 5.54 Å². The number of fused-ring (bicyclic) bond motifs is 1. The fourth-order valence-electron chi connectivity index (χ4n) is 6.93. The molecule has 0 unspecified atom stereocenters. The van der Waals surface area contributed by atoms with E-state index in [2.05, 4.69) is 110 Å². The van der Waals surface area contributed by atoms with Crippen molar-refractivity contribution in [2.45, 2.75) is 45.4 Å². The lowest BCUT2D eigenvalue weighted by Gasteiger charge is -2.34. The molecule has 54 heavy (non-hydrogen) atoms. The summed E-state index contributed by atoms with van der Waals surface area (Å²) in [5.74, 6) is 1.78. The Morgan fingerprint density at radius 3 is 1.83 bits per heavy atom. The molecule has 0 aliphatic rings. The van der Waals surface area contributed by atoms with E-state index < -0.39 is 5.54 Å². The van der Waals surface area contributed by atoms with Crippen LogP contribution in [0.25, 0.3) is 33.5 Å². The van der Waals surface area contributed by atoms with Crippen LogP contribution >= 0.6 is 0 Å². The van der Waals surface area contributed by atoms with Crippen LogP contribution in [0.15, 0.2) is 158 Å². The quantitative estimate of drug-likeness (QED) is 0.117. The summed E-state index contributed by atoms with van der Waals surface area (Å²) in [6.45, 7) is 6.42. The van der Waals surface area contributed by atoms with Crippen molar-refractivity contribution in [1.82, 2.24) is 30.2 Å². The van der Waals surface area contributed by atoms with Gasteiger partial charge in [-0.2, -0.15) is 0 Å². The average molecular weight is 709 g/mol. The van der Waals surface area contributed by atoms with Gasteiger partial charge in [-0.05, 0) is 64.9 Å². The van der Waals surface area contributed by atoms with Crippen LogP contribution < -0.4 is 9.47 Å². The molecule has 0 spiro atoms. The molecule has 0 saturated heterocycles. The number of aryl methyl sites for hydroxylation is 1. The molecule has 3 heterocycles. The van der Waals surface area contributed by atoms with Crippen LogP contribution in [0.5, 0.6) is 11.6 Å². The topological polar surface area (TPSA) is 87.8 Å². The molecule has 0 radical (unpaired) electrons. The van der Waals surface area contributed by atoms with Crippen molar-refractivity contribution < 1.29 is 9.47 Å². The van der Waals surface area contributed by atoms with E-state index in [-0.39, 0.29) is 6.10 Å². The Morgan fingerprint density at radius 2 is 1.24 bits per heavy atom. The van der Waals surface area contributed by atoms with Gasteiger partial charge < -0.3 is 9.47 Å². The molecule has 0 N–H and O–H groups in total. The molecule has 8 heteroatoms. The van der Waals surface area contributed by atoms with Crippen LogP contribution in [0.2, 0.25) is 0 Å². The third-order valence-corrected chi connectivity index (χ3v) is 9.48. The maximum absolute atomic E-state index is 6.40. The van der Waals surface area contributed by atoms with Gasteiger partial charge in [-0.1, -0.05) is 146 Å². The number of ether oxygens (including phenoxy) is 2. The lowest BCUT2D eigenvalue weighted by molar-refractivity contribution is 0.233. The first-order valence-electron chi connectivity index (χ1n) is 18.3. The maximum Gasteiger partial charge on any atom is 0.214 e. The minimum absolute atomic E-state index is 0.0139. The van der Waals surface area contributed by atoms with Crippen molar-refractivity contribution in [3.63, 3.8) is 0 Å². The maximum atomic E-state index is 6.40. The summed E-state index contributed by atoms with van der Waals surface area (Å²) < 4.78 is 12.3. The van der Waals surface area contributed by atoms with E-state index in [9.17, 15) is 0 Å². The van der Waals surface area contributed by atoms with Crippen LogP contribution in [0, 0.1) is 0 Å². The molecule has 0 amide bonds. The predicted molar refractivity (Wildman–Crippen MR) is 212 cm³/mol. The van der Waals surface area contributed by atoms with E-state index in [0.717, 1.165) is 56.6 Å². The lowest BCUT2D eigenvalue weighted by Crippen LogP contribution is -2.39. The second-order valence-corrected chi connectivity index (χ2v) is 13.4. The van der Waals surface area contributed by atoms with E-state index in [1.165, 1.54) is 0 Å². The predicted octanol–water partition coefficient (Wildman–Crippen LogP) is 9.72. The van der Waals surface area contributed by atoms with Gasteiger partial charge in [-0.25, -0.2) is 4.98 Å². The SMILES string of the molecule is CCc1cc(OCc2ccc(-c3ccccc3-c3nnn(C(c4ccccc4)(c4ccccc4)c4ccccc4)n3)cc2)c2nc(OC(C)C)ccc2n1. The van der Waals surface area contributed by atoms with Crippen LogP contribution in [-0.4, -0.2) is 36.3 Å². The van der Waals surface area contributed by atoms with Crippen molar-refractivity contribution in [3.8, 4) is 34.1 Å². The van der Waals surface area contributed by atoms with Gasteiger partial charge in [-0.3, -0.25) is 4.98 Å². The van der Waals surface area contributed by atoms with E-state index in [1.807, 2.05) is 68.4 Å². The Labute approximate surface area is 315 Å². The molecule has 0 fully saturated rings. The van der Waals surface area contributed by atoms with Gasteiger partial charge in [0.25, 0.3) is 0 Å². The monoisotopic (exact) mass is 708 g/mol. The molecule has 266 valence electrons. The Morgan fingerprint density at radius 1 is 0.648 bits per heavy atom. The molecule has 0 bridgehead atoms. The molecule has 8 nitrogen and oxygen atoms in total. The lowest BCUT2D eigenvalue weighted by atomic mass is 9.77. The number of pyridine rings is 2. The highest BCUT2D eigenvalue weighted by Crippen LogP contribution is 2.40. The third kappa shape index (κ3) is 6.70. The summed E-state index contributed by atoms with van der Waals surface area (Å²) >= 11 is 0. The van der Waals surface area contributed by atoms with Crippen LogP contribution in [0.1, 0.15) is 48.7 Å². The van der Waals surface area contributed by atoms with E-state index >= 15 is 0 Å². The number of hydrogen-bond acceptors (Lipinski definition) is 7.